The summed E-state index contributed by atoms with van der Waals surface area (Å²) < 4.78 is 0. The lowest BCUT2D eigenvalue weighted by molar-refractivity contribution is -0.145. The fourth-order valence-electron chi connectivity index (χ4n) is 3.06. The van der Waals surface area contributed by atoms with Gasteiger partial charge in [-0.25, -0.2) is 4.79 Å². The zero-order valence-corrected chi connectivity index (χ0v) is 11.9. The number of hydrogen-bond donors (Lipinski definition) is 4. The normalized spacial score (nSPS) is 20.4. The van der Waals surface area contributed by atoms with Crippen molar-refractivity contribution in [2.24, 2.45) is 0 Å². The molecule has 0 radical (unpaired) electrons. The molecular formula is C17H17NO4. The number of phenolic OH excluding ortho intramolecular Hbond substituents is 2. The summed E-state index contributed by atoms with van der Waals surface area (Å²) in [6.45, 7) is 0.496. The van der Waals surface area contributed by atoms with Crippen molar-refractivity contribution in [3.8, 4) is 11.5 Å². The van der Waals surface area contributed by atoms with E-state index in [2.05, 4.69) is 5.32 Å². The van der Waals surface area contributed by atoms with Crippen LogP contribution >= 0.6 is 0 Å². The maximum atomic E-state index is 12.0. The zero-order valence-electron chi connectivity index (χ0n) is 11.9. The summed E-state index contributed by atoms with van der Waals surface area (Å²) in [4.78, 5) is 12.0. The summed E-state index contributed by atoms with van der Waals surface area (Å²) in [5.74, 6) is -1.52. The van der Waals surface area contributed by atoms with Crippen LogP contribution in [0.5, 0.6) is 11.5 Å². The van der Waals surface area contributed by atoms with Crippen LogP contribution in [-0.4, -0.2) is 27.8 Å². The van der Waals surface area contributed by atoms with Crippen molar-refractivity contribution in [1.82, 2.24) is 5.32 Å². The van der Waals surface area contributed by atoms with E-state index in [1.54, 1.807) is 0 Å². The molecule has 1 aliphatic heterocycles. The molecule has 0 saturated carbocycles. The van der Waals surface area contributed by atoms with Gasteiger partial charge < -0.3 is 15.3 Å². The van der Waals surface area contributed by atoms with Crippen LogP contribution in [0.25, 0.3) is 0 Å². The minimum atomic E-state index is -1.31. The van der Waals surface area contributed by atoms with Gasteiger partial charge in [0.25, 0.3) is 0 Å². The highest BCUT2D eigenvalue weighted by molar-refractivity contribution is 5.83. The van der Waals surface area contributed by atoms with Crippen LogP contribution in [0.2, 0.25) is 0 Å². The van der Waals surface area contributed by atoms with Crippen LogP contribution in [0, 0.1) is 0 Å². The Hall–Kier alpha value is -2.53. The minimum absolute atomic E-state index is 0.223. The van der Waals surface area contributed by atoms with Gasteiger partial charge in [0.05, 0.1) is 0 Å². The molecule has 22 heavy (non-hydrogen) atoms. The van der Waals surface area contributed by atoms with Crippen molar-refractivity contribution in [2.45, 2.75) is 18.4 Å². The molecule has 5 nitrogen and oxygen atoms in total. The fourth-order valence-corrected chi connectivity index (χ4v) is 3.06. The number of nitrogens with one attached hydrogen (secondary N) is 1. The fraction of sp³-hybridized carbons (Fsp3) is 0.235. The summed E-state index contributed by atoms with van der Waals surface area (Å²) in [5.41, 5.74) is 0.829. The van der Waals surface area contributed by atoms with Crippen molar-refractivity contribution in [2.75, 3.05) is 6.54 Å². The van der Waals surface area contributed by atoms with Crippen molar-refractivity contribution in [1.29, 1.82) is 0 Å². The van der Waals surface area contributed by atoms with Crippen LogP contribution in [-0.2, 0) is 23.2 Å². The molecule has 5 heteroatoms. The zero-order chi connectivity index (χ0) is 15.7. The molecule has 2 aromatic carbocycles. The van der Waals surface area contributed by atoms with Gasteiger partial charge in [-0.1, -0.05) is 30.3 Å². The van der Waals surface area contributed by atoms with E-state index < -0.39 is 11.5 Å². The van der Waals surface area contributed by atoms with Crippen LogP contribution in [0.1, 0.15) is 16.7 Å². The van der Waals surface area contributed by atoms with E-state index in [-0.39, 0.29) is 17.9 Å². The van der Waals surface area contributed by atoms with Crippen LogP contribution in [0.4, 0.5) is 0 Å². The highest BCUT2D eigenvalue weighted by atomic mass is 16.4. The third kappa shape index (κ3) is 2.29. The van der Waals surface area contributed by atoms with Gasteiger partial charge in [0, 0.05) is 13.0 Å². The van der Waals surface area contributed by atoms with E-state index in [1.165, 1.54) is 12.1 Å². The number of carbonyl (C=O) groups is 1. The quantitative estimate of drug-likeness (QED) is 0.649. The molecule has 114 valence electrons. The molecule has 1 heterocycles. The average molecular weight is 299 g/mol. The Labute approximate surface area is 127 Å². The third-order valence-electron chi connectivity index (χ3n) is 4.16. The standard InChI is InChI=1S/C17H17NO4/c19-14-8-12-6-7-18-17(16(21)22,13(12)9-15(14)20)10-11-4-2-1-3-5-11/h1-5,8-9,18-20H,6-7,10H2,(H,21,22). The predicted molar refractivity (Wildman–Crippen MR) is 80.9 cm³/mol. The number of rotatable bonds is 3. The van der Waals surface area contributed by atoms with Gasteiger partial charge in [-0.05, 0) is 35.2 Å². The molecule has 4 N–H and O–H groups in total. The largest absolute Gasteiger partial charge is 0.504 e. The lowest BCUT2D eigenvalue weighted by Crippen LogP contribution is -2.54. The lowest BCUT2D eigenvalue weighted by Gasteiger charge is -2.37. The second kappa shape index (κ2) is 5.35. The summed E-state index contributed by atoms with van der Waals surface area (Å²) in [7, 11) is 0. The first kappa shape index (κ1) is 14.4. The molecule has 0 bridgehead atoms. The molecule has 2 aromatic rings. The number of phenols is 2. The van der Waals surface area contributed by atoms with Crippen molar-refractivity contribution in [3.63, 3.8) is 0 Å². The maximum Gasteiger partial charge on any atom is 0.328 e. The Morgan fingerprint density at radius 2 is 1.82 bits per heavy atom. The van der Waals surface area contributed by atoms with Gasteiger partial charge >= 0.3 is 5.97 Å². The van der Waals surface area contributed by atoms with E-state index in [1.807, 2.05) is 30.3 Å². The minimum Gasteiger partial charge on any atom is -0.504 e. The van der Waals surface area contributed by atoms with Gasteiger partial charge in [0.15, 0.2) is 11.5 Å². The summed E-state index contributed by atoms with van der Waals surface area (Å²) in [6, 6.07) is 12.2. The van der Waals surface area contributed by atoms with Crippen LogP contribution < -0.4 is 5.32 Å². The number of aromatic hydroxyl groups is 2. The Kier molecular flexibility index (Phi) is 3.50. The van der Waals surface area contributed by atoms with Crippen molar-refractivity contribution >= 4 is 5.97 Å². The molecule has 0 aliphatic carbocycles. The van der Waals surface area contributed by atoms with E-state index >= 15 is 0 Å². The van der Waals surface area contributed by atoms with Gasteiger partial charge in [0.1, 0.15) is 5.54 Å². The summed E-state index contributed by atoms with van der Waals surface area (Å²) in [5, 5.41) is 32.4. The molecule has 1 aliphatic rings. The molecule has 0 saturated heterocycles. The average Bonchev–Trinajstić information content (AvgIpc) is 2.50. The second-order valence-electron chi connectivity index (χ2n) is 5.55. The number of aliphatic carboxylic acids is 1. The molecular weight excluding hydrogens is 282 g/mol. The molecule has 0 amide bonds. The van der Waals surface area contributed by atoms with E-state index in [0.717, 1.165) is 11.1 Å². The van der Waals surface area contributed by atoms with Gasteiger partial charge in [-0.15, -0.1) is 0 Å². The van der Waals surface area contributed by atoms with Gasteiger partial charge in [-0.2, -0.15) is 0 Å². The Balaban J connectivity index is 2.13. The summed E-state index contributed by atoms with van der Waals surface area (Å²) >= 11 is 0. The molecule has 0 spiro atoms. The Bertz CT molecular complexity index is 714. The van der Waals surface area contributed by atoms with Crippen LogP contribution in [0.3, 0.4) is 0 Å². The molecule has 0 aromatic heterocycles. The first-order valence-corrected chi connectivity index (χ1v) is 7.10. The number of hydrogen-bond acceptors (Lipinski definition) is 4. The smallest absolute Gasteiger partial charge is 0.328 e. The highest BCUT2D eigenvalue weighted by Gasteiger charge is 2.44. The maximum absolute atomic E-state index is 12.0. The van der Waals surface area contributed by atoms with Gasteiger partial charge in [-0.3, -0.25) is 5.32 Å². The van der Waals surface area contributed by atoms with Crippen LogP contribution in [0.15, 0.2) is 42.5 Å². The topological polar surface area (TPSA) is 89.8 Å². The molecule has 1 unspecified atom stereocenters. The van der Waals surface area contributed by atoms with E-state index in [0.29, 0.717) is 18.5 Å². The first-order valence-electron chi connectivity index (χ1n) is 7.10. The Morgan fingerprint density at radius 3 is 2.50 bits per heavy atom. The number of fused-ring (bicyclic) bond motifs is 1. The predicted octanol–water partition coefficient (Wildman–Crippen LogP) is 1.77. The van der Waals surface area contributed by atoms with E-state index in [4.69, 9.17) is 0 Å². The van der Waals surface area contributed by atoms with Crippen molar-refractivity contribution < 1.29 is 20.1 Å². The molecule has 1 atom stereocenters. The highest BCUT2D eigenvalue weighted by Crippen LogP contribution is 2.38. The van der Waals surface area contributed by atoms with Crippen molar-refractivity contribution in [3.05, 3.63) is 59.2 Å². The summed E-state index contributed by atoms with van der Waals surface area (Å²) in [6.07, 6.45) is 0.868. The lowest BCUT2D eigenvalue weighted by atomic mass is 9.78. The third-order valence-corrected chi connectivity index (χ3v) is 4.16. The molecule has 0 fully saturated rings. The van der Waals surface area contributed by atoms with Gasteiger partial charge in [0.2, 0.25) is 0 Å². The second-order valence-corrected chi connectivity index (χ2v) is 5.55. The monoisotopic (exact) mass is 299 g/mol. The first-order chi connectivity index (χ1) is 10.5. The Morgan fingerprint density at radius 1 is 1.14 bits per heavy atom. The SMILES string of the molecule is O=C(O)C1(Cc2ccccc2)NCCc2cc(O)c(O)cc21. The number of benzene rings is 2. The van der Waals surface area contributed by atoms with E-state index in [9.17, 15) is 20.1 Å². The number of carboxylic acid groups (broad SMARTS) is 1. The number of carboxylic acids is 1. The molecule has 3 rings (SSSR count).